The van der Waals surface area contributed by atoms with E-state index in [0.29, 0.717) is 6.61 Å². The lowest BCUT2D eigenvalue weighted by atomic mass is 9.94. The molecule has 2 N–H and O–H groups in total. The number of amidine groups is 1. The van der Waals surface area contributed by atoms with Gasteiger partial charge in [0, 0.05) is 10.8 Å². The summed E-state index contributed by atoms with van der Waals surface area (Å²) >= 11 is 1.50. The summed E-state index contributed by atoms with van der Waals surface area (Å²) in [5.74, 6) is -1.67. The van der Waals surface area contributed by atoms with Crippen molar-refractivity contribution < 1.29 is 9.47 Å². The maximum atomic E-state index is 9.88. The number of rotatable bonds is 1. The Kier molecular flexibility index (Phi) is 2.21. The second-order valence-electron chi connectivity index (χ2n) is 5.61. The predicted molar refractivity (Wildman–Crippen MR) is 74.0 cm³/mol. The normalized spacial score (nSPS) is 46.7. The Morgan fingerprint density at radius 1 is 1.48 bits per heavy atom. The lowest BCUT2D eigenvalue weighted by molar-refractivity contribution is -0.193. The van der Waals surface area contributed by atoms with Crippen LogP contribution in [-0.4, -0.2) is 24.5 Å². The number of ether oxygens (including phenoxy) is 2. The van der Waals surface area contributed by atoms with E-state index >= 15 is 0 Å². The van der Waals surface area contributed by atoms with Gasteiger partial charge in [0.2, 0.25) is 0 Å². The number of aliphatic imine (C=N–C) groups is 1. The molecule has 0 aromatic carbocycles. The molecule has 0 bridgehead atoms. The molecule has 3 aliphatic rings. The quantitative estimate of drug-likeness (QED) is 0.842. The fourth-order valence-corrected chi connectivity index (χ4v) is 4.70. The molecular formula is C14H12N4O2S. The highest BCUT2D eigenvalue weighted by molar-refractivity contribution is 7.10. The Labute approximate surface area is 125 Å². The molecule has 1 aliphatic carbocycles. The molecule has 2 fully saturated rings. The highest BCUT2D eigenvalue weighted by atomic mass is 32.1. The second kappa shape index (κ2) is 3.63. The first-order valence-electron chi connectivity index (χ1n) is 6.61. The first kappa shape index (κ1) is 12.8. The van der Waals surface area contributed by atoms with Crippen LogP contribution < -0.4 is 5.73 Å². The van der Waals surface area contributed by atoms with Crippen LogP contribution in [0.15, 0.2) is 22.5 Å². The van der Waals surface area contributed by atoms with Gasteiger partial charge in [0.25, 0.3) is 5.91 Å². The molecule has 1 aromatic rings. The van der Waals surface area contributed by atoms with Gasteiger partial charge in [-0.25, -0.2) is 4.99 Å². The van der Waals surface area contributed by atoms with Crippen molar-refractivity contribution in [3.63, 3.8) is 0 Å². The summed E-state index contributed by atoms with van der Waals surface area (Å²) < 4.78 is 11.6. The van der Waals surface area contributed by atoms with Gasteiger partial charge in [-0.15, -0.1) is 11.3 Å². The average molecular weight is 300 g/mol. The fourth-order valence-electron chi connectivity index (χ4n) is 3.74. The van der Waals surface area contributed by atoms with Crippen LogP contribution >= 0.6 is 11.3 Å². The standard InChI is InChI=1S/C14H12N4O2S/c1-8-5-19-14(20-8)13(7-16)10(9-3-2-4-21-9)12(13,6-15)11(17)18-14/h2-4,8,10H,5H2,1H3,(H2,17,18)/t8-,10+,12+,13+,14-/m0/s1. The van der Waals surface area contributed by atoms with E-state index in [0.717, 1.165) is 4.88 Å². The van der Waals surface area contributed by atoms with E-state index in [9.17, 15) is 10.5 Å². The van der Waals surface area contributed by atoms with Crippen LogP contribution in [0.25, 0.3) is 0 Å². The van der Waals surface area contributed by atoms with Gasteiger partial charge in [0.05, 0.1) is 24.8 Å². The van der Waals surface area contributed by atoms with Crippen molar-refractivity contribution in [1.29, 1.82) is 10.5 Å². The molecule has 0 unspecified atom stereocenters. The summed E-state index contributed by atoms with van der Waals surface area (Å²) in [6, 6.07) is 8.30. The van der Waals surface area contributed by atoms with Gasteiger partial charge >= 0.3 is 0 Å². The van der Waals surface area contributed by atoms with Crippen LogP contribution in [-0.2, 0) is 9.47 Å². The number of fused-ring (bicyclic) bond motifs is 2. The molecule has 1 saturated heterocycles. The number of nitriles is 2. The van der Waals surface area contributed by atoms with E-state index < -0.39 is 16.7 Å². The molecule has 1 saturated carbocycles. The molecule has 4 rings (SSSR count). The van der Waals surface area contributed by atoms with E-state index in [1.165, 1.54) is 11.3 Å². The molecule has 106 valence electrons. The van der Waals surface area contributed by atoms with Gasteiger partial charge in [-0.05, 0) is 18.4 Å². The van der Waals surface area contributed by atoms with Crippen molar-refractivity contribution in [2.45, 2.75) is 24.9 Å². The molecule has 21 heavy (non-hydrogen) atoms. The van der Waals surface area contributed by atoms with Crippen molar-refractivity contribution in [1.82, 2.24) is 0 Å². The number of thiophene rings is 1. The number of hydrogen-bond acceptors (Lipinski definition) is 7. The molecule has 3 heterocycles. The van der Waals surface area contributed by atoms with Gasteiger partial charge in [0.15, 0.2) is 10.8 Å². The maximum Gasteiger partial charge on any atom is 0.293 e. The topological polar surface area (TPSA) is 104 Å². The minimum absolute atomic E-state index is 0.138. The first-order chi connectivity index (χ1) is 10.1. The Morgan fingerprint density at radius 2 is 2.29 bits per heavy atom. The summed E-state index contributed by atoms with van der Waals surface area (Å²) in [5.41, 5.74) is 3.69. The second-order valence-corrected chi connectivity index (χ2v) is 6.59. The van der Waals surface area contributed by atoms with Gasteiger partial charge in [0.1, 0.15) is 5.84 Å². The van der Waals surface area contributed by atoms with E-state index in [1.54, 1.807) is 0 Å². The molecule has 7 heteroatoms. The van der Waals surface area contributed by atoms with Gasteiger partial charge in [-0.2, -0.15) is 10.5 Å². The summed E-state index contributed by atoms with van der Waals surface area (Å²) in [6.07, 6.45) is -0.189. The van der Waals surface area contributed by atoms with Crippen LogP contribution in [0.3, 0.4) is 0 Å². The zero-order valence-corrected chi connectivity index (χ0v) is 12.1. The molecule has 0 radical (unpaired) electrons. The van der Waals surface area contributed by atoms with Crippen molar-refractivity contribution in [2.75, 3.05) is 6.61 Å². The summed E-state index contributed by atoms with van der Waals surface area (Å²) in [7, 11) is 0. The zero-order chi connectivity index (χ0) is 14.9. The molecule has 6 nitrogen and oxygen atoms in total. The molecule has 0 amide bonds. The van der Waals surface area contributed by atoms with Crippen molar-refractivity contribution >= 4 is 17.2 Å². The maximum absolute atomic E-state index is 9.88. The van der Waals surface area contributed by atoms with Crippen molar-refractivity contribution in [3.05, 3.63) is 22.4 Å². The zero-order valence-electron chi connectivity index (χ0n) is 11.2. The van der Waals surface area contributed by atoms with E-state index in [1.807, 2.05) is 24.4 Å². The van der Waals surface area contributed by atoms with Crippen LogP contribution in [0, 0.1) is 33.5 Å². The van der Waals surface area contributed by atoms with Crippen molar-refractivity contribution in [3.8, 4) is 12.1 Å². The third kappa shape index (κ3) is 1.10. The fraction of sp³-hybridized carbons (Fsp3) is 0.500. The molecule has 1 aromatic heterocycles. The molecular weight excluding hydrogens is 288 g/mol. The highest BCUT2D eigenvalue weighted by Gasteiger charge is 2.94. The van der Waals surface area contributed by atoms with Gasteiger partial charge < -0.3 is 15.2 Å². The Bertz CT molecular complexity index is 733. The minimum Gasteiger partial charge on any atom is -0.386 e. The SMILES string of the molecule is C[C@H]1CO[C@]2(N=C(N)[C@@]3(C#N)[C@@H](c4cccs4)[C@@]23C#N)O1. The average Bonchev–Trinajstić information content (AvgIpc) is 2.87. The molecule has 2 aliphatic heterocycles. The smallest absolute Gasteiger partial charge is 0.293 e. The van der Waals surface area contributed by atoms with E-state index in [2.05, 4.69) is 17.1 Å². The Morgan fingerprint density at radius 3 is 2.81 bits per heavy atom. The van der Waals surface area contributed by atoms with Crippen molar-refractivity contribution in [2.24, 2.45) is 21.6 Å². The Balaban J connectivity index is 1.94. The molecule has 1 spiro atoms. The minimum atomic E-state index is -1.45. The lowest BCUT2D eigenvalue weighted by Gasteiger charge is -2.26. The van der Waals surface area contributed by atoms with Crippen LogP contribution in [0.4, 0.5) is 0 Å². The van der Waals surface area contributed by atoms with Crippen LogP contribution in [0.5, 0.6) is 0 Å². The lowest BCUT2D eigenvalue weighted by Crippen LogP contribution is -2.39. The summed E-state index contributed by atoms with van der Waals surface area (Å²) in [6.45, 7) is 2.18. The summed E-state index contributed by atoms with van der Waals surface area (Å²) in [5, 5.41) is 21.5. The van der Waals surface area contributed by atoms with Crippen LogP contribution in [0.2, 0.25) is 0 Å². The number of hydrogen-bond donors (Lipinski definition) is 1. The van der Waals surface area contributed by atoms with E-state index in [4.69, 9.17) is 15.2 Å². The number of nitrogens with zero attached hydrogens (tertiary/aromatic N) is 3. The Hall–Kier alpha value is -1.93. The predicted octanol–water partition coefficient (Wildman–Crippen LogP) is 1.33. The van der Waals surface area contributed by atoms with Gasteiger partial charge in [-0.1, -0.05) is 6.07 Å². The van der Waals surface area contributed by atoms with Gasteiger partial charge in [-0.3, -0.25) is 0 Å². The molecule has 5 atom stereocenters. The van der Waals surface area contributed by atoms with Crippen LogP contribution in [0.1, 0.15) is 17.7 Å². The monoisotopic (exact) mass is 300 g/mol. The number of nitrogens with two attached hydrogens (primary N) is 1. The largest absolute Gasteiger partial charge is 0.386 e. The third-order valence-corrected chi connectivity index (χ3v) is 5.57. The highest BCUT2D eigenvalue weighted by Crippen LogP contribution is 2.82. The van der Waals surface area contributed by atoms with E-state index in [-0.39, 0.29) is 17.9 Å². The first-order valence-corrected chi connectivity index (χ1v) is 7.49. The summed E-state index contributed by atoms with van der Waals surface area (Å²) in [4.78, 5) is 5.19. The third-order valence-electron chi connectivity index (χ3n) is 4.63.